The number of benzene rings is 1. The average molecular weight is 308 g/mol. The maximum Gasteiger partial charge on any atom is 0.323 e. The number of halogens is 1. The SMILES string of the molecule is N#Cc1ccc(NC(=O)N(CC(=O)O)CC2CC2)c(Cl)c1. The monoisotopic (exact) mass is 307 g/mol. The first-order valence-electron chi connectivity index (χ1n) is 6.47. The number of urea groups is 1. The van der Waals surface area contributed by atoms with Crippen LogP contribution in [0.1, 0.15) is 18.4 Å². The largest absolute Gasteiger partial charge is 0.480 e. The molecule has 21 heavy (non-hydrogen) atoms. The maximum absolute atomic E-state index is 12.1. The summed E-state index contributed by atoms with van der Waals surface area (Å²) in [7, 11) is 0. The lowest BCUT2D eigenvalue weighted by Crippen LogP contribution is -2.40. The molecule has 2 amide bonds. The molecule has 0 heterocycles. The van der Waals surface area contributed by atoms with Gasteiger partial charge in [-0.3, -0.25) is 4.79 Å². The van der Waals surface area contributed by atoms with Crippen molar-refractivity contribution in [1.82, 2.24) is 4.90 Å². The van der Waals surface area contributed by atoms with Crippen molar-refractivity contribution in [2.75, 3.05) is 18.4 Å². The Bertz CT molecular complexity index is 608. The Kier molecular flexibility index (Phi) is 4.66. The Morgan fingerprint density at radius 1 is 1.48 bits per heavy atom. The average Bonchev–Trinajstić information content (AvgIpc) is 3.23. The Morgan fingerprint density at radius 2 is 2.19 bits per heavy atom. The number of hydrogen-bond acceptors (Lipinski definition) is 3. The van der Waals surface area contributed by atoms with Crippen LogP contribution in [0.3, 0.4) is 0 Å². The summed E-state index contributed by atoms with van der Waals surface area (Å²) >= 11 is 5.98. The molecule has 6 nitrogen and oxygen atoms in total. The Labute approximate surface area is 126 Å². The van der Waals surface area contributed by atoms with Gasteiger partial charge in [0, 0.05) is 6.54 Å². The summed E-state index contributed by atoms with van der Waals surface area (Å²) in [5.41, 5.74) is 0.741. The molecule has 1 fully saturated rings. The van der Waals surface area contributed by atoms with E-state index in [1.807, 2.05) is 6.07 Å². The zero-order valence-electron chi connectivity index (χ0n) is 11.2. The molecule has 0 aromatic heterocycles. The predicted octanol–water partition coefficient (Wildman–Crippen LogP) is 2.54. The minimum atomic E-state index is -1.06. The van der Waals surface area contributed by atoms with Crippen molar-refractivity contribution in [3.05, 3.63) is 28.8 Å². The van der Waals surface area contributed by atoms with Crippen LogP contribution in [-0.4, -0.2) is 35.1 Å². The summed E-state index contributed by atoms with van der Waals surface area (Å²) in [5.74, 6) is -0.678. The van der Waals surface area contributed by atoms with Crippen LogP contribution in [-0.2, 0) is 4.79 Å². The first kappa shape index (κ1) is 15.1. The van der Waals surface area contributed by atoms with Crippen LogP contribution in [0.5, 0.6) is 0 Å². The maximum atomic E-state index is 12.1. The van der Waals surface area contributed by atoms with Gasteiger partial charge in [0.05, 0.1) is 22.3 Å². The molecule has 7 heteroatoms. The highest BCUT2D eigenvalue weighted by atomic mass is 35.5. The van der Waals surface area contributed by atoms with E-state index in [-0.39, 0.29) is 11.6 Å². The summed E-state index contributed by atoms with van der Waals surface area (Å²) in [6.07, 6.45) is 2.03. The number of carbonyl (C=O) groups excluding carboxylic acids is 1. The molecular weight excluding hydrogens is 294 g/mol. The molecule has 0 unspecified atom stereocenters. The van der Waals surface area contributed by atoms with E-state index in [9.17, 15) is 9.59 Å². The number of aliphatic carboxylic acids is 1. The van der Waals surface area contributed by atoms with Crippen molar-refractivity contribution >= 4 is 29.3 Å². The van der Waals surface area contributed by atoms with Crippen LogP contribution in [0.4, 0.5) is 10.5 Å². The van der Waals surface area contributed by atoms with Crippen LogP contribution in [0.2, 0.25) is 5.02 Å². The van der Waals surface area contributed by atoms with Gasteiger partial charge in [-0.05, 0) is 37.0 Å². The Hall–Kier alpha value is -2.26. The van der Waals surface area contributed by atoms with E-state index in [4.69, 9.17) is 22.0 Å². The molecule has 1 aromatic carbocycles. The van der Waals surface area contributed by atoms with Gasteiger partial charge in [0.25, 0.3) is 0 Å². The van der Waals surface area contributed by atoms with E-state index in [0.717, 1.165) is 12.8 Å². The Balaban J connectivity index is 2.06. The first-order valence-corrected chi connectivity index (χ1v) is 6.84. The Morgan fingerprint density at radius 3 is 2.71 bits per heavy atom. The molecule has 0 radical (unpaired) electrons. The van der Waals surface area contributed by atoms with Crippen LogP contribution < -0.4 is 5.32 Å². The molecule has 0 bridgehead atoms. The number of carbonyl (C=O) groups is 2. The van der Waals surface area contributed by atoms with Crippen molar-refractivity contribution in [3.63, 3.8) is 0 Å². The van der Waals surface area contributed by atoms with Gasteiger partial charge in [-0.1, -0.05) is 11.6 Å². The zero-order chi connectivity index (χ0) is 15.4. The molecule has 1 saturated carbocycles. The predicted molar refractivity (Wildman–Crippen MR) is 77.1 cm³/mol. The molecular formula is C14H14ClN3O3. The van der Waals surface area contributed by atoms with Crippen LogP contribution in [0.25, 0.3) is 0 Å². The van der Waals surface area contributed by atoms with Crippen LogP contribution in [0, 0.1) is 17.2 Å². The van der Waals surface area contributed by atoms with Gasteiger partial charge >= 0.3 is 12.0 Å². The molecule has 0 saturated heterocycles. The first-order chi connectivity index (χ1) is 9.99. The summed E-state index contributed by atoms with van der Waals surface area (Å²) in [5, 5.41) is 20.5. The van der Waals surface area contributed by atoms with Crippen molar-refractivity contribution < 1.29 is 14.7 Å². The number of anilines is 1. The number of carboxylic acids is 1. The fourth-order valence-electron chi connectivity index (χ4n) is 1.87. The van der Waals surface area contributed by atoms with Crippen molar-refractivity contribution in [3.8, 4) is 6.07 Å². The molecule has 2 rings (SSSR count). The molecule has 1 aliphatic rings. The van der Waals surface area contributed by atoms with E-state index >= 15 is 0 Å². The van der Waals surface area contributed by atoms with Crippen molar-refractivity contribution in [1.29, 1.82) is 5.26 Å². The van der Waals surface area contributed by atoms with Gasteiger partial charge in [-0.25, -0.2) is 4.79 Å². The molecule has 1 aliphatic carbocycles. The summed E-state index contributed by atoms with van der Waals surface area (Å²) < 4.78 is 0. The minimum absolute atomic E-state index is 0.240. The number of hydrogen-bond donors (Lipinski definition) is 2. The van der Waals surface area contributed by atoms with Gasteiger partial charge in [-0.2, -0.15) is 5.26 Å². The fourth-order valence-corrected chi connectivity index (χ4v) is 2.10. The third kappa shape index (κ3) is 4.36. The van der Waals surface area contributed by atoms with Crippen LogP contribution in [0.15, 0.2) is 18.2 Å². The lowest BCUT2D eigenvalue weighted by molar-refractivity contribution is -0.137. The standard InChI is InChI=1S/C14H14ClN3O3/c15-11-5-10(6-16)3-4-12(11)17-14(21)18(8-13(19)20)7-9-1-2-9/h3-5,9H,1-2,7-8H2,(H,17,21)(H,19,20). The normalized spacial score (nSPS) is 13.3. The van der Waals surface area contributed by atoms with E-state index in [0.29, 0.717) is 23.7 Å². The van der Waals surface area contributed by atoms with Crippen molar-refractivity contribution in [2.24, 2.45) is 5.92 Å². The van der Waals surface area contributed by atoms with E-state index < -0.39 is 12.0 Å². The van der Waals surface area contributed by atoms with E-state index in [2.05, 4.69) is 5.32 Å². The molecule has 0 spiro atoms. The highest BCUT2D eigenvalue weighted by Crippen LogP contribution is 2.30. The molecule has 0 atom stereocenters. The molecule has 110 valence electrons. The molecule has 1 aromatic rings. The third-order valence-corrected chi connectivity index (χ3v) is 3.44. The third-order valence-electron chi connectivity index (χ3n) is 3.13. The van der Waals surface area contributed by atoms with E-state index in [1.165, 1.54) is 23.1 Å². The van der Waals surface area contributed by atoms with E-state index in [1.54, 1.807) is 0 Å². The number of nitrogens with one attached hydrogen (secondary N) is 1. The summed E-state index contributed by atoms with van der Waals surface area (Å²) in [6, 6.07) is 5.94. The summed E-state index contributed by atoms with van der Waals surface area (Å²) in [6.45, 7) is 0.0717. The number of carboxylic acid groups (broad SMARTS) is 1. The smallest absolute Gasteiger partial charge is 0.323 e. The highest BCUT2D eigenvalue weighted by Gasteiger charge is 2.28. The number of amides is 2. The molecule has 2 N–H and O–H groups in total. The number of nitrogens with zero attached hydrogens (tertiary/aromatic N) is 2. The number of nitriles is 1. The lowest BCUT2D eigenvalue weighted by atomic mass is 10.2. The van der Waals surface area contributed by atoms with Gasteiger partial charge in [-0.15, -0.1) is 0 Å². The topological polar surface area (TPSA) is 93.4 Å². The van der Waals surface area contributed by atoms with Gasteiger partial charge in [0.2, 0.25) is 0 Å². The van der Waals surface area contributed by atoms with Gasteiger partial charge < -0.3 is 15.3 Å². The fraction of sp³-hybridized carbons (Fsp3) is 0.357. The van der Waals surface area contributed by atoms with Crippen LogP contribution >= 0.6 is 11.6 Å². The minimum Gasteiger partial charge on any atom is -0.480 e. The quantitative estimate of drug-likeness (QED) is 0.874. The second-order valence-corrected chi connectivity index (χ2v) is 5.36. The van der Waals surface area contributed by atoms with Crippen molar-refractivity contribution in [2.45, 2.75) is 12.8 Å². The number of rotatable bonds is 5. The van der Waals surface area contributed by atoms with Gasteiger partial charge in [0.15, 0.2) is 0 Å². The molecule has 0 aliphatic heterocycles. The summed E-state index contributed by atoms with van der Waals surface area (Å²) in [4.78, 5) is 24.2. The van der Waals surface area contributed by atoms with Gasteiger partial charge in [0.1, 0.15) is 6.54 Å². The highest BCUT2D eigenvalue weighted by molar-refractivity contribution is 6.33. The second kappa shape index (κ2) is 6.46. The second-order valence-electron chi connectivity index (χ2n) is 4.95. The zero-order valence-corrected chi connectivity index (χ0v) is 11.9. The lowest BCUT2D eigenvalue weighted by Gasteiger charge is -2.21.